The first-order valence-corrected chi connectivity index (χ1v) is 20.9. The summed E-state index contributed by atoms with van der Waals surface area (Å²) in [5.41, 5.74) is 1.63. The predicted octanol–water partition coefficient (Wildman–Crippen LogP) is 5.31. The van der Waals surface area contributed by atoms with Crippen LogP contribution in [0.15, 0.2) is 60.7 Å². The van der Waals surface area contributed by atoms with Crippen LogP contribution in [0.3, 0.4) is 0 Å². The van der Waals surface area contributed by atoms with Crippen LogP contribution in [0.5, 0.6) is 0 Å². The Bertz CT molecular complexity index is 1660. The first-order valence-electron chi connectivity index (χ1n) is 20.9. The Morgan fingerprint density at radius 3 is 2.02 bits per heavy atom. The number of benzene rings is 3. The third kappa shape index (κ3) is 15.3. The van der Waals surface area contributed by atoms with Crippen molar-refractivity contribution in [3.05, 3.63) is 83.2 Å². The van der Waals surface area contributed by atoms with Gasteiger partial charge in [-0.2, -0.15) is 0 Å². The van der Waals surface area contributed by atoms with Crippen LogP contribution in [0.4, 0.5) is 4.39 Å². The van der Waals surface area contributed by atoms with Gasteiger partial charge in [-0.15, -0.1) is 0 Å². The van der Waals surface area contributed by atoms with Gasteiger partial charge in [0.1, 0.15) is 36.3 Å². The zero-order chi connectivity index (χ0) is 41.2. The number of rotatable bonds is 25. The van der Waals surface area contributed by atoms with Crippen LogP contribution in [-0.4, -0.2) is 99.5 Å². The smallest absolute Gasteiger partial charge is 0.224 e. The van der Waals surface area contributed by atoms with Gasteiger partial charge in [-0.25, -0.2) is 4.39 Å². The highest BCUT2D eigenvalue weighted by Crippen LogP contribution is 2.24. The number of aliphatic hydroxyl groups excluding tert-OH is 5. The standard InChI is InChI=1S/C45H65FN2O9/c1-3-4-5-6-7-8-9-10-11-12-13-14-19-37(49)41(52)36(48-40(51)27-32-21-20-30(2)35(46)25-32)29-56-45-44(55)43(54)42(53)38(57-45)28-47-39(50)26-31-22-23-33-17-15-16-18-34(33)24-31/h15-18,20-25,36-38,41-45,49,52-55H,3-14,19,26-29H2,1-2H3,(H,47,50)(H,48,51)/t36-,37+,38?,41-,42-,43?,44-,45-/m0/s1. The molecule has 1 heterocycles. The number of aryl methyl sites for hydroxylation is 1. The Balaban J connectivity index is 1.30. The minimum Gasteiger partial charge on any atom is -0.390 e. The van der Waals surface area contributed by atoms with Crippen molar-refractivity contribution in [3.8, 4) is 0 Å². The van der Waals surface area contributed by atoms with Gasteiger partial charge in [0, 0.05) is 6.54 Å². The molecule has 0 saturated carbocycles. The lowest BCUT2D eigenvalue weighted by Gasteiger charge is -2.41. The van der Waals surface area contributed by atoms with E-state index in [1.807, 2.05) is 42.5 Å². The molecule has 2 amide bonds. The van der Waals surface area contributed by atoms with Crippen molar-refractivity contribution >= 4 is 22.6 Å². The number of amides is 2. The Morgan fingerprint density at radius 1 is 0.754 bits per heavy atom. The van der Waals surface area contributed by atoms with Crippen LogP contribution in [0.2, 0.25) is 0 Å². The van der Waals surface area contributed by atoms with Crippen molar-refractivity contribution in [2.45, 2.75) is 159 Å². The Labute approximate surface area is 337 Å². The molecule has 12 heteroatoms. The second-order valence-electron chi connectivity index (χ2n) is 15.7. The normalized spacial score (nSPS) is 21.2. The van der Waals surface area contributed by atoms with Gasteiger partial charge in [0.05, 0.1) is 31.6 Å². The lowest BCUT2D eigenvalue weighted by atomic mass is 9.98. The van der Waals surface area contributed by atoms with Gasteiger partial charge in [-0.3, -0.25) is 9.59 Å². The van der Waals surface area contributed by atoms with Gasteiger partial charge in [0.25, 0.3) is 0 Å². The molecule has 57 heavy (non-hydrogen) atoms. The van der Waals surface area contributed by atoms with Crippen LogP contribution in [0.25, 0.3) is 10.8 Å². The summed E-state index contributed by atoms with van der Waals surface area (Å²) in [6.07, 6.45) is 3.60. The lowest BCUT2D eigenvalue weighted by molar-refractivity contribution is -0.297. The van der Waals surface area contributed by atoms with Gasteiger partial charge < -0.3 is 45.6 Å². The largest absolute Gasteiger partial charge is 0.390 e. The number of hydrogen-bond acceptors (Lipinski definition) is 9. The number of unbranched alkanes of at least 4 members (excludes halogenated alkanes) is 11. The number of hydrogen-bond donors (Lipinski definition) is 7. The molecule has 316 valence electrons. The van der Waals surface area contributed by atoms with Crippen LogP contribution in [0, 0.1) is 12.7 Å². The van der Waals surface area contributed by atoms with Crippen molar-refractivity contribution in [1.82, 2.24) is 10.6 Å². The molecule has 8 atom stereocenters. The van der Waals surface area contributed by atoms with E-state index in [0.29, 0.717) is 17.5 Å². The number of aliphatic hydroxyl groups is 5. The second-order valence-corrected chi connectivity index (χ2v) is 15.7. The van der Waals surface area contributed by atoms with E-state index in [0.717, 1.165) is 35.6 Å². The third-order valence-corrected chi connectivity index (χ3v) is 10.9. The van der Waals surface area contributed by atoms with Crippen molar-refractivity contribution < 1.29 is 49.0 Å². The summed E-state index contributed by atoms with van der Waals surface area (Å²) in [6.45, 7) is 3.18. The molecule has 0 radical (unpaired) electrons. The number of nitrogens with one attached hydrogen (secondary N) is 2. The highest BCUT2D eigenvalue weighted by atomic mass is 19.1. The zero-order valence-electron chi connectivity index (χ0n) is 33.7. The fourth-order valence-electron chi connectivity index (χ4n) is 7.28. The second kappa shape index (κ2) is 24.4. The average molecular weight is 797 g/mol. The molecular formula is C45H65FN2O9. The SMILES string of the molecule is CCCCCCCCCCCCCC[C@@H](O)[C@@H](O)[C@H](CO[C@H]1OC(CNC(=O)Cc2ccc3ccccc3c2)[C@H](O)C(O)[C@@H]1O)NC(=O)Cc1ccc(C)c(F)c1. The minimum atomic E-state index is -1.71. The van der Waals surface area contributed by atoms with Gasteiger partial charge in [-0.05, 0) is 46.9 Å². The molecule has 0 aromatic heterocycles. The van der Waals surface area contributed by atoms with E-state index in [4.69, 9.17) is 9.47 Å². The quantitative estimate of drug-likeness (QED) is 0.0560. The fourth-order valence-corrected chi connectivity index (χ4v) is 7.28. The maximum absolute atomic E-state index is 14.2. The highest BCUT2D eigenvalue weighted by molar-refractivity contribution is 5.85. The van der Waals surface area contributed by atoms with E-state index < -0.39 is 67.3 Å². The maximum Gasteiger partial charge on any atom is 0.224 e. The number of fused-ring (bicyclic) bond motifs is 1. The summed E-state index contributed by atoms with van der Waals surface area (Å²) >= 11 is 0. The van der Waals surface area contributed by atoms with E-state index in [1.54, 1.807) is 19.1 Å². The highest BCUT2D eigenvalue weighted by Gasteiger charge is 2.45. The molecule has 0 aliphatic carbocycles. The Morgan fingerprint density at radius 2 is 1.35 bits per heavy atom. The molecule has 7 N–H and O–H groups in total. The first-order chi connectivity index (χ1) is 27.5. The first kappa shape index (κ1) is 46.2. The fraction of sp³-hybridized carbons (Fsp3) is 0.600. The van der Waals surface area contributed by atoms with Crippen molar-refractivity contribution in [1.29, 1.82) is 0 Å². The van der Waals surface area contributed by atoms with Crippen molar-refractivity contribution in [3.63, 3.8) is 0 Å². The van der Waals surface area contributed by atoms with E-state index in [9.17, 15) is 39.5 Å². The molecule has 1 aliphatic heterocycles. The number of halogens is 1. The molecule has 2 unspecified atom stereocenters. The summed E-state index contributed by atoms with van der Waals surface area (Å²) in [6, 6.07) is 16.8. The van der Waals surface area contributed by atoms with E-state index >= 15 is 0 Å². The van der Waals surface area contributed by atoms with Gasteiger partial charge >= 0.3 is 0 Å². The average Bonchev–Trinajstić information content (AvgIpc) is 3.20. The Kier molecular flexibility index (Phi) is 19.8. The molecule has 1 fully saturated rings. The number of carbonyl (C=O) groups excluding carboxylic acids is 2. The summed E-state index contributed by atoms with van der Waals surface area (Å²) in [4.78, 5) is 26.0. The van der Waals surface area contributed by atoms with Crippen LogP contribution in [-0.2, 0) is 31.9 Å². The molecule has 0 spiro atoms. The summed E-state index contributed by atoms with van der Waals surface area (Å²) < 4.78 is 25.8. The van der Waals surface area contributed by atoms with Gasteiger partial charge in [0.2, 0.25) is 11.8 Å². The number of carbonyl (C=O) groups is 2. The summed E-state index contributed by atoms with van der Waals surface area (Å²) in [7, 11) is 0. The molecular weight excluding hydrogens is 731 g/mol. The Hall–Kier alpha value is -3.49. The van der Waals surface area contributed by atoms with Gasteiger partial charge in [-0.1, -0.05) is 139 Å². The third-order valence-electron chi connectivity index (χ3n) is 10.9. The van der Waals surface area contributed by atoms with E-state index in [-0.39, 0.29) is 31.7 Å². The summed E-state index contributed by atoms with van der Waals surface area (Å²) in [5, 5.41) is 61.8. The molecule has 4 rings (SSSR count). The molecule has 1 aliphatic rings. The molecule has 3 aromatic carbocycles. The van der Waals surface area contributed by atoms with Crippen LogP contribution < -0.4 is 10.6 Å². The van der Waals surface area contributed by atoms with Gasteiger partial charge in [0.15, 0.2) is 6.29 Å². The predicted molar refractivity (Wildman–Crippen MR) is 218 cm³/mol. The van der Waals surface area contributed by atoms with E-state index in [1.165, 1.54) is 57.4 Å². The van der Waals surface area contributed by atoms with E-state index in [2.05, 4.69) is 17.6 Å². The summed E-state index contributed by atoms with van der Waals surface area (Å²) in [5.74, 6) is -1.36. The molecule has 3 aromatic rings. The van der Waals surface area contributed by atoms with Crippen molar-refractivity contribution in [2.75, 3.05) is 13.2 Å². The molecule has 1 saturated heterocycles. The van der Waals surface area contributed by atoms with Crippen molar-refractivity contribution in [2.24, 2.45) is 0 Å². The zero-order valence-corrected chi connectivity index (χ0v) is 33.7. The number of ether oxygens (including phenoxy) is 2. The topological polar surface area (TPSA) is 178 Å². The maximum atomic E-state index is 14.2. The van der Waals surface area contributed by atoms with Crippen LogP contribution in [0.1, 0.15) is 107 Å². The molecule has 11 nitrogen and oxygen atoms in total. The monoisotopic (exact) mass is 796 g/mol. The lowest BCUT2D eigenvalue weighted by Crippen LogP contribution is -2.61. The minimum absolute atomic E-state index is 0.0643. The molecule has 0 bridgehead atoms. The van der Waals surface area contributed by atoms with Crippen LogP contribution >= 0.6 is 0 Å².